The highest BCUT2D eigenvalue weighted by molar-refractivity contribution is 6.30. The lowest BCUT2D eigenvalue weighted by Gasteiger charge is -2.28. The van der Waals surface area contributed by atoms with Gasteiger partial charge in [-0.3, -0.25) is 0 Å². The van der Waals surface area contributed by atoms with Crippen LogP contribution in [0.15, 0.2) is 0 Å². The van der Waals surface area contributed by atoms with Crippen molar-refractivity contribution in [3.8, 4) is 11.9 Å². The fraction of sp³-hybridized carbons (Fsp3) is 0.533. The van der Waals surface area contributed by atoms with Gasteiger partial charge in [0.15, 0.2) is 11.0 Å². The van der Waals surface area contributed by atoms with Crippen LogP contribution in [0.3, 0.4) is 0 Å². The van der Waals surface area contributed by atoms with Crippen molar-refractivity contribution >= 4 is 28.3 Å². The van der Waals surface area contributed by atoms with Crippen LogP contribution in [0.1, 0.15) is 25.7 Å². The summed E-state index contributed by atoms with van der Waals surface area (Å²) in [5, 5.41) is 0.216. The Bertz CT molecular complexity index is 773. The number of fused-ring (bicyclic) bond motifs is 2. The van der Waals surface area contributed by atoms with Gasteiger partial charge in [0.1, 0.15) is 23.3 Å². The van der Waals surface area contributed by atoms with Crippen molar-refractivity contribution in [2.75, 3.05) is 25.2 Å². The molecule has 2 aromatic heterocycles. The molecule has 1 fully saturated rings. The van der Waals surface area contributed by atoms with Crippen molar-refractivity contribution in [2.24, 2.45) is 0 Å². The molecule has 0 saturated carbocycles. The van der Waals surface area contributed by atoms with E-state index in [1.54, 1.807) is 0 Å². The van der Waals surface area contributed by atoms with E-state index in [1.165, 1.54) is 13.5 Å². The minimum absolute atomic E-state index is 0.0896. The number of rotatable bonds is 1. The third kappa shape index (κ3) is 2.34. The Morgan fingerprint density at radius 3 is 2.96 bits per heavy atom. The zero-order valence-corrected chi connectivity index (χ0v) is 13.4. The molecule has 122 valence electrons. The molecule has 0 aliphatic carbocycles. The molecule has 0 unspecified atom stereocenters. The average Bonchev–Trinajstić information content (AvgIpc) is 2.87. The molecule has 0 bridgehead atoms. The van der Waals surface area contributed by atoms with Gasteiger partial charge in [0.2, 0.25) is 5.88 Å². The standard InChI is InChI=1S/C15H16ClFN4O2/c1-22-15-18-11-9-13(20-15)21-6-4-2-3-5-8(21)7-23-14(9)19-12(16)10(11)17/h8H,2-7H2,1H3/t8-/m0/s1. The summed E-state index contributed by atoms with van der Waals surface area (Å²) < 4.78 is 25.4. The fourth-order valence-corrected chi connectivity index (χ4v) is 3.45. The molecule has 0 spiro atoms. The van der Waals surface area contributed by atoms with E-state index in [9.17, 15) is 4.39 Å². The van der Waals surface area contributed by atoms with Crippen molar-refractivity contribution in [3.63, 3.8) is 0 Å². The van der Waals surface area contributed by atoms with Crippen LogP contribution < -0.4 is 14.4 Å². The molecule has 2 aliphatic heterocycles. The highest BCUT2D eigenvalue weighted by atomic mass is 35.5. The first kappa shape index (κ1) is 14.7. The summed E-state index contributed by atoms with van der Waals surface area (Å²) in [7, 11) is 1.46. The zero-order valence-electron chi connectivity index (χ0n) is 12.7. The van der Waals surface area contributed by atoms with Crippen LogP contribution in [0.5, 0.6) is 11.9 Å². The smallest absolute Gasteiger partial charge is 0.318 e. The molecule has 2 aliphatic rings. The van der Waals surface area contributed by atoms with E-state index in [0.717, 1.165) is 25.8 Å². The van der Waals surface area contributed by atoms with Crippen LogP contribution in [0.25, 0.3) is 10.9 Å². The van der Waals surface area contributed by atoms with Gasteiger partial charge >= 0.3 is 6.01 Å². The Labute approximate surface area is 137 Å². The van der Waals surface area contributed by atoms with Crippen molar-refractivity contribution in [3.05, 3.63) is 11.0 Å². The number of methoxy groups -OCH3 is 1. The van der Waals surface area contributed by atoms with E-state index in [0.29, 0.717) is 17.8 Å². The minimum atomic E-state index is -0.677. The van der Waals surface area contributed by atoms with Gasteiger partial charge in [-0.2, -0.15) is 15.0 Å². The third-order valence-corrected chi connectivity index (χ3v) is 4.67. The SMILES string of the molecule is COc1nc2c3c(nc(Cl)c(F)c3n1)OC[C@@H]1CCCCCN21. The Balaban J connectivity index is 2.02. The van der Waals surface area contributed by atoms with Gasteiger partial charge in [0.25, 0.3) is 0 Å². The predicted octanol–water partition coefficient (Wildman–Crippen LogP) is 2.97. The Hall–Kier alpha value is -1.89. The van der Waals surface area contributed by atoms with Crippen LogP contribution in [0.2, 0.25) is 5.15 Å². The van der Waals surface area contributed by atoms with Crippen molar-refractivity contribution in [2.45, 2.75) is 31.7 Å². The number of hydrogen-bond donors (Lipinski definition) is 0. The van der Waals surface area contributed by atoms with E-state index in [1.807, 2.05) is 0 Å². The molecule has 0 aromatic carbocycles. The molecule has 4 rings (SSSR count). The number of anilines is 1. The summed E-state index contributed by atoms with van der Waals surface area (Å²) in [5.74, 6) is 0.232. The van der Waals surface area contributed by atoms with Gasteiger partial charge in [-0.15, -0.1) is 0 Å². The maximum atomic E-state index is 14.5. The van der Waals surface area contributed by atoms with Crippen LogP contribution in [-0.4, -0.2) is 41.3 Å². The summed E-state index contributed by atoms with van der Waals surface area (Å²) >= 11 is 5.89. The second kappa shape index (κ2) is 5.63. The monoisotopic (exact) mass is 338 g/mol. The lowest BCUT2D eigenvalue weighted by Crippen LogP contribution is -2.38. The number of hydrogen-bond acceptors (Lipinski definition) is 6. The summed E-state index contributed by atoms with van der Waals surface area (Å²) in [6.45, 7) is 1.32. The van der Waals surface area contributed by atoms with Gasteiger partial charge < -0.3 is 14.4 Å². The van der Waals surface area contributed by atoms with Crippen LogP contribution in [0, 0.1) is 5.82 Å². The van der Waals surface area contributed by atoms with Crippen LogP contribution in [-0.2, 0) is 0 Å². The molecule has 4 heterocycles. The maximum absolute atomic E-state index is 14.5. The quantitative estimate of drug-likeness (QED) is 0.745. The topological polar surface area (TPSA) is 60.4 Å². The molecule has 23 heavy (non-hydrogen) atoms. The number of pyridine rings is 1. The number of ether oxygens (including phenoxy) is 2. The minimum Gasteiger partial charge on any atom is -0.475 e. The van der Waals surface area contributed by atoms with E-state index < -0.39 is 5.82 Å². The average molecular weight is 339 g/mol. The molecular formula is C15H16ClFN4O2. The second-order valence-corrected chi connectivity index (χ2v) is 6.14. The molecule has 0 amide bonds. The lowest BCUT2D eigenvalue weighted by molar-refractivity contribution is 0.274. The first-order valence-corrected chi connectivity index (χ1v) is 8.07. The molecule has 0 radical (unpaired) electrons. The Morgan fingerprint density at radius 1 is 1.26 bits per heavy atom. The van der Waals surface area contributed by atoms with Crippen molar-refractivity contribution in [1.29, 1.82) is 0 Å². The predicted molar refractivity (Wildman–Crippen MR) is 84.0 cm³/mol. The van der Waals surface area contributed by atoms with Crippen LogP contribution >= 0.6 is 11.6 Å². The van der Waals surface area contributed by atoms with E-state index in [2.05, 4.69) is 19.9 Å². The Morgan fingerprint density at radius 2 is 2.13 bits per heavy atom. The summed E-state index contributed by atoms with van der Waals surface area (Å²) in [4.78, 5) is 14.8. The highest BCUT2D eigenvalue weighted by Crippen LogP contribution is 2.40. The number of halogens is 2. The first-order chi connectivity index (χ1) is 11.2. The Kier molecular flexibility index (Phi) is 3.60. The molecule has 1 saturated heterocycles. The number of aromatic nitrogens is 3. The van der Waals surface area contributed by atoms with Gasteiger partial charge in [-0.1, -0.05) is 24.4 Å². The molecule has 8 heteroatoms. The highest BCUT2D eigenvalue weighted by Gasteiger charge is 2.32. The molecule has 1 atom stereocenters. The van der Waals surface area contributed by atoms with E-state index in [-0.39, 0.29) is 28.6 Å². The first-order valence-electron chi connectivity index (χ1n) is 7.69. The largest absolute Gasteiger partial charge is 0.475 e. The zero-order chi connectivity index (χ0) is 16.0. The molecular weight excluding hydrogens is 323 g/mol. The molecule has 2 aromatic rings. The fourth-order valence-electron chi connectivity index (χ4n) is 3.28. The van der Waals surface area contributed by atoms with Crippen molar-refractivity contribution in [1.82, 2.24) is 15.0 Å². The van der Waals surface area contributed by atoms with Crippen molar-refractivity contribution < 1.29 is 13.9 Å². The summed E-state index contributed by atoms with van der Waals surface area (Å²) in [6, 6.07) is 0.292. The van der Waals surface area contributed by atoms with Gasteiger partial charge in [0, 0.05) is 6.54 Å². The number of nitrogens with zero attached hydrogens (tertiary/aromatic N) is 4. The summed E-state index contributed by atoms with van der Waals surface area (Å²) in [5.41, 5.74) is 0.0896. The van der Waals surface area contributed by atoms with E-state index in [4.69, 9.17) is 21.1 Å². The molecule has 6 nitrogen and oxygen atoms in total. The normalized spacial score (nSPS) is 20.5. The van der Waals surface area contributed by atoms with Gasteiger partial charge in [-0.25, -0.2) is 4.39 Å². The van der Waals surface area contributed by atoms with Crippen LogP contribution in [0.4, 0.5) is 10.2 Å². The van der Waals surface area contributed by atoms with Gasteiger partial charge in [-0.05, 0) is 12.8 Å². The lowest BCUT2D eigenvalue weighted by atomic mass is 10.1. The third-order valence-electron chi connectivity index (χ3n) is 4.42. The second-order valence-electron chi connectivity index (χ2n) is 5.79. The van der Waals surface area contributed by atoms with Gasteiger partial charge in [0.05, 0.1) is 13.2 Å². The van der Waals surface area contributed by atoms with E-state index >= 15 is 0 Å². The summed E-state index contributed by atoms with van der Waals surface area (Å²) in [6.07, 6.45) is 4.36. The molecule has 0 N–H and O–H groups in total. The maximum Gasteiger partial charge on any atom is 0.318 e.